The van der Waals surface area contributed by atoms with Crippen molar-refractivity contribution in [2.45, 2.75) is 183 Å². The molecule has 6 rings (SSSR count). The van der Waals surface area contributed by atoms with Crippen LogP contribution in [0.15, 0.2) is 78.3 Å². The van der Waals surface area contributed by atoms with Crippen LogP contribution in [0.3, 0.4) is 0 Å². The quantitative estimate of drug-likeness (QED) is 0.0234. The number of hydrogen-bond acceptors (Lipinski definition) is 21. The van der Waals surface area contributed by atoms with Gasteiger partial charge < -0.3 is 75.6 Å². The minimum absolute atomic E-state index is 0.0119. The maximum atomic E-state index is 14.2. The molecule has 11 amide bonds. The highest BCUT2D eigenvalue weighted by atomic mass is 32.1. The van der Waals surface area contributed by atoms with Crippen LogP contribution < -0.4 is 27.0 Å². The van der Waals surface area contributed by atoms with Crippen molar-refractivity contribution in [1.82, 2.24) is 50.3 Å². The lowest BCUT2D eigenvalue weighted by Crippen LogP contribution is -2.53. The number of primary amides is 1. The summed E-state index contributed by atoms with van der Waals surface area (Å²) < 4.78 is 22.6. The maximum Gasteiger partial charge on any atom is 0.410 e. The van der Waals surface area contributed by atoms with Crippen LogP contribution >= 0.6 is 11.3 Å². The normalized spacial score (nSPS) is 17.2. The minimum Gasteiger partial charge on any atom is -0.431 e. The molecule has 4 heterocycles. The summed E-state index contributed by atoms with van der Waals surface area (Å²) in [6.07, 6.45) is 5.40. The van der Waals surface area contributed by atoms with E-state index in [0.29, 0.717) is 69.7 Å². The molecule has 2 saturated heterocycles. The first-order valence-corrected chi connectivity index (χ1v) is 41.8. The minimum atomic E-state index is -1.21. The number of thiazole rings is 1. The number of rotatable bonds is 48. The predicted molar refractivity (Wildman–Crippen MR) is 441 cm³/mol. The summed E-state index contributed by atoms with van der Waals surface area (Å²) in [6, 6.07) is 14.2. The molecule has 0 aliphatic carbocycles. The first-order valence-electron chi connectivity index (χ1n) is 40.9. The first-order chi connectivity index (χ1) is 55.1. The van der Waals surface area contributed by atoms with Gasteiger partial charge in [0.25, 0.3) is 17.7 Å². The van der Waals surface area contributed by atoms with Gasteiger partial charge in [0.15, 0.2) is 5.78 Å². The number of aliphatic hydroxyl groups excluding tert-OH is 1. The van der Waals surface area contributed by atoms with Gasteiger partial charge in [-0.3, -0.25) is 57.6 Å². The molecule has 7 N–H and O–H groups in total. The molecule has 31 heteroatoms. The lowest BCUT2D eigenvalue weighted by atomic mass is 9.80. The molecular weight excluding hydrogens is 1510 g/mol. The number of piperazine rings is 1. The molecule has 0 saturated carbocycles. The second-order valence-corrected chi connectivity index (χ2v) is 32.9. The number of anilines is 1. The third kappa shape index (κ3) is 31.2. The number of methoxy groups -OCH3 is 1. The lowest BCUT2D eigenvalue weighted by Gasteiger charge is -2.41. The van der Waals surface area contributed by atoms with Gasteiger partial charge >= 0.3 is 12.1 Å². The number of likely N-dealkylation sites (N-methyl/N-ethyl adjacent to an activating group) is 2. The Labute approximate surface area is 689 Å². The van der Waals surface area contributed by atoms with E-state index < -0.39 is 77.7 Å². The zero-order chi connectivity index (χ0) is 85.9. The summed E-state index contributed by atoms with van der Waals surface area (Å²) in [4.78, 5) is 182. The van der Waals surface area contributed by atoms with Gasteiger partial charge in [0.2, 0.25) is 35.6 Å². The van der Waals surface area contributed by atoms with Crippen LogP contribution in [0.4, 0.5) is 15.3 Å². The van der Waals surface area contributed by atoms with E-state index in [4.69, 9.17) is 24.7 Å². The lowest BCUT2D eigenvalue weighted by molar-refractivity contribution is -0.148. The number of amides is 11. The number of urea groups is 1. The third-order valence-electron chi connectivity index (χ3n) is 22.3. The topological polar surface area (TPSA) is 386 Å². The molecule has 1 unspecified atom stereocenters. The van der Waals surface area contributed by atoms with Gasteiger partial charge in [0, 0.05) is 196 Å². The monoisotopic (exact) mass is 1640 g/mol. The Morgan fingerprint density at radius 2 is 1.36 bits per heavy atom. The number of Topliss-reactive ketones (excluding diaryl/α,β-unsaturated/α-hetero) is 3. The Hall–Kier alpha value is -8.88. The van der Waals surface area contributed by atoms with E-state index in [1.807, 2.05) is 77.1 Å². The second kappa shape index (κ2) is 50.0. The van der Waals surface area contributed by atoms with Gasteiger partial charge in [-0.2, -0.15) is 0 Å². The van der Waals surface area contributed by atoms with Crippen molar-refractivity contribution >= 4 is 93.8 Å². The second-order valence-electron chi connectivity index (χ2n) is 31.9. The Balaban J connectivity index is 0.000000420. The summed E-state index contributed by atoms with van der Waals surface area (Å²) in [5.74, 6) is -5.40. The number of nitrogens with one attached hydrogen (secondary N) is 4. The van der Waals surface area contributed by atoms with E-state index >= 15 is 0 Å². The van der Waals surface area contributed by atoms with Gasteiger partial charge in [0.1, 0.15) is 11.6 Å². The summed E-state index contributed by atoms with van der Waals surface area (Å²) in [5.41, 5.74) is 7.12. The fourth-order valence-electron chi connectivity index (χ4n) is 14.5. The van der Waals surface area contributed by atoms with E-state index in [1.54, 1.807) is 79.6 Å². The van der Waals surface area contributed by atoms with Crippen LogP contribution in [0.2, 0.25) is 0 Å². The number of aliphatic hydroxyl groups is 1. The molecule has 0 radical (unpaired) electrons. The number of aromatic nitrogens is 1. The summed E-state index contributed by atoms with van der Waals surface area (Å²) in [5, 5.41) is 24.3. The van der Waals surface area contributed by atoms with Crippen LogP contribution in [0.25, 0.3) is 0 Å². The number of carbonyl (C=O) groups excluding carboxylic acids is 13. The molecule has 116 heavy (non-hydrogen) atoms. The molecule has 30 nitrogen and oxygen atoms in total. The smallest absolute Gasteiger partial charge is 0.410 e. The van der Waals surface area contributed by atoms with E-state index in [-0.39, 0.29) is 180 Å². The van der Waals surface area contributed by atoms with Crippen LogP contribution in [0.1, 0.15) is 168 Å². The number of imide groups is 1. The van der Waals surface area contributed by atoms with E-state index in [1.165, 1.54) is 19.0 Å². The Bertz CT molecular complexity index is 3670. The summed E-state index contributed by atoms with van der Waals surface area (Å²) in [6.45, 7) is 23.2. The zero-order valence-corrected chi connectivity index (χ0v) is 71.7. The number of likely N-dealkylation sites (tertiary alicyclic amines) is 1. The van der Waals surface area contributed by atoms with E-state index in [2.05, 4.69) is 57.1 Å². The van der Waals surface area contributed by atoms with Gasteiger partial charge in [-0.25, -0.2) is 14.6 Å². The van der Waals surface area contributed by atoms with E-state index in [9.17, 15) is 67.4 Å². The van der Waals surface area contributed by atoms with Gasteiger partial charge in [-0.15, -0.1) is 11.3 Å². The summed E-state index contributed by atoms with van der Waals surface area (Å²) >= 11 is 1.56. The molecule has 3 aromatic rings. The molecule has 0 spiro atoms. The average molecular weight is 1640 g/mol. The number of hydrogen-bond donors (Lipinski definition) is 6. The van der Waals surface area contributed by atoms with Crippen LogP contribution in [-0.2, 0) is 78.1 Å². The van der Waals surface area contributed by atoms with Crippen molar-refractivity contribution in [3.05, 3.63) is 94.5 Å². The number of ether oxygens (including phenoxy) is 4. The van der Waals surface area contributed by atoms with Crippen molar-refractivity contribution in [1.29, 1.82) is 0 Å². The van der Waals surface area contributed by atoms with Crippen molar-refractivity contribution in [3.8, 4) is 0 Å². The van der Waals surface area contributed by atoms with Crippen LogP contribution in [0, 0.1) is 53.3 Å². The molecule has 3 aliphatic heterocycles. The van der Waals surface area contributed by atoms with Gasteiger partial charge in [-0.05, 0) is 80.5 Å². The zero-order valence-electron chi connectivity index (χ0n) is 70.8. The largest absolute Gasteiger partial charge is 0.431 e. The highest BCUT2D eigenvalue weighted by Gasteiger charge is 2.44. The Morgan fingerprint density at radius 3 is 1.94 bits per heavy atom. The molecule has 3 aliphatic rings. The highest BCUT2D eigenvalue weighted by Crippen LogP contribution is 2.36. The first kappa shape index (κ1) is 97.7. The third-order valence-corrected chi connectivity index (χ3v) is 23.3. The van der Waals surface area contributed by atoms with Crippen LogP contribution in [0.5, 0.6) is 0 Å². The number of nitrogens with two attached hydrogens (primary N) is 1. The van der Waals surface area contributed by atoms with Crippen molar-refractivity contribution in [2.75, 3.05) is 126 Å². The standard InChI is InChI=1S/C43H67N3O6S.C42H63N9O12/c1-11-29(6)41(45(9)43(51)34(28(4)5)24-38(49)30(7)27(2)3)39(52-10)25-40(50)46-20-15-18-36(46)35(26-47)31(8)37(48)23-33(42-44-19-21-53-42)22-32-16-13-12-14-17-32;1-28(2)37(47-34(54)15-23-61-25-26-62-24-17-44-33(53)14-18-51-35(55)12-13-36(51)56)32(52)27-30(7-6-16-45-41(43)59)39(57)46-31-10-8-29(9-11-31)38(63-42(60)48(3)4)40(58)50-21-19-49(5)20-22-50/h12-14,16-17,19,21,27-31,33-36,39,41,47H,11,15,18,20,22-26H2,1-10H3;8-13,28,30,37-38H,6-7,14-27H2,1-5H3,(H,44,53)(H,46,57)(H,47,54)(H3,43,45,59)/t29-,30-,31+,33+,34-,35+,36-,39+,41-;30-,37+,38?/m01/s1. The van der Waals surface area contributed by atoms with Gasteiger partial charge in [0.05, 0.1) is 56.0 Å². The van der Waals surface area contributed by atoms with Crippen molar-refractivity contribution in [2.24, 2.45) is 59.0 Å². The SMILES string of the molecule is CC(C)[C@H](NC(=O)CCOCCOCCNC(=O)CCN1C(=O)C=CC1=O)C(=O)C[C@@H](CCCNC(N)=O)C(=O)Nc1ccc(C(OC(=O)N(C)C)C(=O)N2CCN(C)CC2)cc1.CC[C@H](C)[C@@H]([C@@H](CC(=O)N1CCC[C@H]1[C@H](CO)[C@@H](C)C(=O)C[C@@H](Cc1ccccc1)c1nccs1)OC)N(C)C(=O)[C@@H](CC(=O)[C@@H](C)C(C)C)C(C)C. The average Bonchev–Trinajstić information content (AvgIpc) is 1.68. The molecular formula is C85H130N12O18S. The molecule has 2 fully saturated rings. The maximum absolute atomic E-state index is 14.2. The molecule has 1 aromatic heterocycles. The van der Waals surface area contributed by atoms with Gasteiger partial charge in [-0.1, -0.05) is 118 Å². The molecule has 12 atom stereocenters. The Kier molecular flexibility index (Phi) is 42.1. The number of ketones is 3. The number of benzene rings is 2. The number of carbonyl (C=O) groups is 13. The predicted octanol–water partition coefficient (Wildman–Crippen LogP) is 7.62. The van der Waals surface area contributed by atoms with E-state index in [0.717, 1.165) is 40.5 Å². The van der Waals surface area contributed by atoms with Crippen molar-refractivity contribution in [3.63, 3.8) is 0 Å². The Morgan fingerprint density at radius 1 is 0.716 bits per heavy atom. The van der Waals surface area contributed by atoms with Crippen LogP contribution in [-0.4, -0.2) is 261 Å². The molecule has 0 bridgehead atoms. The number of nitrogens with zero attached hydrogens (tertiary/aromatic N) is 7. The fraction of sp³-hybridized carbons (Fsp3) is 0.647. The highest BCUT2D eigenvalue weighted by molar-refractivity contribution is 7.09. The van der Waals surface area contributed by atoms with Crippen molar-refractivity contribution < 1.29 is 86.4 Å². The molecule has 644 valence electrons. The fourth-order valence-corrected chi connectivity index (χ4v) is 15.3. The molecule has 2 aromatic carbocycles. The summed E-state index contributed by atoms with van der Waals surface area (Å²) in [7, 11) is 8.37.